The summed E-state index contributed by atoms with van der Waals surface area (Å²) in [6.45, 7) is 18.4. The van der Waals surface area contributed by atoms with Crippen LogP contribution in [-0.2, 0) is 12.9 Å². The predicted octanol–water partition coefficient (Wildman–Crippen LogP) is 4.87. The van der Waals surface area contributed by atoms with Crippen LogP contribution >= 0.6 is 8.60 Å². The van der Waals surface area contributed by atoms with Gasteiger partial charge < -0.3 is 12.9 Å². The summed E-state index contributed by atoms with van der Waals surface area (Å²) in [6, 6.07) is 2.23. The van der Waals surface area contributed by atoms with E-state index in [9.17, 15) is 0 Å². The van der Waals surface area contributed by atoms with Gasteiger partial charge in [0, 0.05) is 0 Å². The minimum atomic E-state index is -1.75. The Morgan fingerprint density at radius 2 is 1.37 bits per heavy atom. The SMILES string of the molecule is CC(C#N)C(C)(C)OP(O[Si](C)(C)C)O[Si](C)(C)C. The van der Waals surface area contributed by atoms with Gasteiger partial charge in [-0.2, -0.15) is 5.26 Å². The molecule has 0 spiro atoms. The maximum absolute atomic E-state index is 9.06. The smallest absolute Gasteiger partial charge is 0.311 e. The van der Waals surface area contributed by atoms with E-state index in [1.165, 1.54) is 0 Å². The van der Waals surface area contributed by atoms with Crippen LogP contribution in [0.15, 0.2) is 0 Å². The van der Waals surface area contributed by atoms with E-state index >= 15 is 0 Å². The van der Waals surface area contributed by atoms with Crippen LogP contribution in [0.3, 0.4) is 0 Å². The van der Waals surface area contributed by atoms with Crippen LogP contribution in [0.25, 0.3) is 0 Å². The Morgan fingerprint density at radius 3 is 1.63 bits per heavy atom. The standard InChI is InChI=1S/C12H28NO3PSi2/c1-11(10-13)12(2,3)14-17(15-18(4,5)6)16-19(7,8)9/h11H,1-9H3. The van der Waals surface area contributed by atoms with Gasteiger partial charge in [0.25, 0.3) is 0 Å². The molecule has 0 amide bonds. The molecule has 112 valence electrons. The van der Waals surface area contributed by atoms with Gasteiger partial charge >= 0.3 is 8.60 Å². The molecule has 0 aromatic rings. The molecule has 0 radical (unpaired) electrons. The van der Waals surface area contributed by atoms with E-state index in [4.69, 9.17) is 18.2 Å². The summed E-state index contributed by atoms with van der Waals surface area (Å²) in [7, 11) is -4.88. The number of rotatable bonds is 7. The molecule has 0 fully saturated rings. The van der Waals surface area contributed by atoms with E-state index in [0.717, 1.165) is 0 Å². The summed E-state index contributed by atoms with van der Waals surface area (Å²) in [5.74, 6) is -0.215. The molecule has 0 bridgehead atoms. The fourth-order valence-electron chi connectivity index (χ4n) is 0.930. The van der Waals surface area contributed by atoms with Crippen LogP contribution in [0.1, 0.15) is 20.8 Å². The third kappa shape index (κ3) is 8.90. The second kappa shape index (κ2) is 6.79. The molecule has 0 aromatic carbocycles. The van der Waals surface area contributed by atoms with Gasteiger partial charge in [-0.25, -0.2) is 0 Å². The molecule has 1 unspecified atom stereocenters. The average Bonchev–Trinajstić information content (AvgIpc) is 2.09. The first-order valence-electron chi connectivity index (χ1n) is 6.54. The van der Waals surface area contributed by atoms with Crippen molar-refractivity contribution in [3.63, 3.8) is 0 Å². The van der Waals surface area contributed by atoms with Crippen LogP contribution in [0, 0.1) is 17.2 Å². The zero-order valence-electron chi connectivity index (χ0n) is 13.7. The Bertz CT molecular complexity index is 315. The van der Waals surface area contributed by atoms with Crippen molar-refractivity contribution in [1.29, 1.82) is 5.26 Å². The lowest BCUT2D eigenvalue weighted by Gasteiger charge is -2.36. The van der Waals surface area contributed by atoms with Gasteiger partial charge in [0.1, 0.15) is 0 Å². The monoisotopic (exact) mass is 321 g/mol. The lowest BCUT2D eigenvalue weighted by Crippen LogP contribution is -2.35. The van der Waals surface area contributed by atoms with Gasteiger partial charge in [-0.15, -0.1) is 0 Å². The second-order valence-electron chi connectivity index (χ2n) is 7.18. The molecule has 0 saturated heterocycles. The number of nitrogens with zero attached hydrogens (tertiary/aromatic N) is 1. The number of nitriles is 1. The molecule has 0 saturated carbocycles. The minimum absolute atomic E-state index is 0.215. The zero-order chi connectivity index (χ0) is 15.5. The zero-order valence-corrected chi connectivity index (χ0v) is 16.6. The summed E-state index contributed by atoms with van der Waals surface area (Å²) in [4.78, 5) is 0. The lowest BCUT2D eigenvalue weighted by molar-refractivity contribution is 0.0630. The molecule has 0 aliphatic carbocycles. The molecule has 19 heavy (non-hydrogen) atoms. The van der Waals surface area contributed by atoms with Gasteiger partial charge in [0.2, 0.25) is 0 Å². The van der Waals surface area contributed by atoms with Crippen LogP contribution in [0.4, 0.5) is 0 Å². The van der Waals surface area contributed by atoms with E-state index in [2.05, 4.69) is 45.4 Å². The summed E-state index contributed by atoms with van der Waals surface area (Å²) in [6.07, 6.45) is 0. The highest BCUT2D eigenvalue weighted by molar-refractivity contribution is 7.45. The first-order valence-corrected chi connectivity index (χ1v) is 14.5. The fraction of sp³-hybridized carbons (Fsp3) is 0.917. The van der Waals surface area contributed by atoms with E-state index in [1.807, 2.05) is 20.8 Å². The molecular formula is C12H28NO3PSi2. The molecule has 4 nitrogen and oxygen atoms in total. The average molecular weight is 322 g/mol. The normalized spacial score (nSPS) is 15.4. The second-order valence-corrected chi connectivity index (χ2v) is 17.7. The minimum Gasteiger partial charge on any atom is -0.355 e. The molecule has 0 rings (SSSR count). The number of hydrogen-bond donors (Lipinski definition) is 0. The van der Waals surface area contributed by atoms with Crippen molar-refractivity contribution in [2.75, 3.05) is 0 Å². The van der Waals surface area contributed by atoms with Crippen LogP contribution < -0.4 is 0 Å². The highest BCUT2D eigenvalue weighted by atomic mass is 31.2. The Kier molecular flexibility index (Phi) is 6.88. The predicted molar refractivity (Wildman–Crippen MR) is 85.7 cm³/mol. The molecule has 0 aliphatic rings. The van der Waals surface area contributed by atoms with Crippen LogP contribution in [0.5, 0.6) is 0 Å². The van der Waals surface area contributed by atoms with Crippen LogP contribution in [-0.4, -0.2) is 22.2 Å². The molecule has 0 aliphatic heterocycles. The fourth-order valence-corrected chi connectivity index (χ4v) is 5.83. The quantitative estimate of drug-likeness (QED) is 0.496. The summed E-state index contributed by atoms with van der Waals surface area (Å²) >= 11 is 0. The Labute approximate surface area is 121 Å². The Balaban J connectivity index is 4.91. The maximum atomic E-state index is 9.06. The van der Waals surface area contributed by atoms with Crippen molar-refractivity contribution >= 4 is 25.2 Å². The van der Waals surface area contributed by atoms with Crippen molar-refractivity contribution in [2.24, 2.45) is 5.92 Å². The Hall–Kier alpha value is 0.234. The van der Waals surface area contributed by atoms with Gasteiger partial charge in [-0.3, -0.25) is 0 Å². The molecule has 0 heterocycles. The molecular weight excluding hydrogens is 293 g/mol. The summed E-state index contributed by atoms with van der Waals surface area (Å²) in [5.41, 5.74) is -0.570. The summed E-state index contributed by atoms with van der Waals surface area (Å²) in [5, 5.41) is 9.06. The van der Waals surface area contributed by atoms with Crippen molar-refractivity contribution in [2.45, 2.75) is 65.7 Å². The van der Waals surface area contributed by atoms with Crippen molar-refractivity contribution in [3.05, 3.63) is 0 Å². The molecule has 7 heteroatoms. The van der Waals surface area contributed by atoms with E-state index in [0.29, 0.717) is 0 Å². The third-order valence-corrected chi connectivity index (χ3v) is 8.44. The lowest BCUT2D eigenvalue weighted by atomic mass is 9.95. The number of hydrogen-bond acceptors (Lipinski definition) is 4. The van der Waals surface area contributed by atoms with Crippen molar-refractivity contribution < 1.29 is 12.9 Å². The van der Waals surface area contributed by atoms with Gasteiger partial charge in [-0.1, -0.05) is 0 Å². The topological polar surface area (TPSA) is 51.5 Å². The highest BCUT2D eigenvalue weighted by Crippen LogP contribution is 2.49. The van der Waals surface area contributed by atoms with Gasteiger partial charge in [0.15, 0.2) is 16.6 Å². The van der Waals surface area contributed by atoms with Gasteiger partial charge in [-0.05, 0) is 60.1 Å². The van der Waals surface area contributed by atoms with E-state index < -0.39 is 30.8 Å². The highest BCUT2D eigenvalue weighted by Gasteiger charge is 2.36. The maximum Gasteiger partial charge on any atom is 0.311 e. The molecule has 1 atom stereocenters. The van der Waals surface area contributed by atoms with Gasteiger partial charge in [0.05, 0.1) is 17.6 Å². The third-order valence-electron chi connectivity index (χ3n) is 2.24. The van der Waals surface area contributed by atoms with Crippen molar-refractivity contribution in [3.8, 4) is 6.07 Å². The first kappa shape index (κ1) is 19.2. The molecule has 0 aromatic heterocycles. The summed E-state index contributed by atoms with van der Waals surface area (Å²) < 4.78 is 18.1. The first-order chi connectivity index (χ1) is 8.27. The van der Waals surface area contributed by atoms with E-state index in [1.54, 1.807) is 0 Å². The van der Waals surface area contributed by atoms with Crippen molar-refractivity contribution in [1.82, 2.24) is 0 Å². The van der Waals surface area contributed by atoms with Crippen LogP contribution in [0.2, 0.25) is 39.3 Å². The largest absolute Gasteiger partial charge is 0.355 e. The van der Waals surface area contributed by atoms with E-state index in [-0.39, 0.29) is 5.92 Å². The molecule has 0 N–H and O–H groups in total. The Morgan fingerprint density at radius 1 is 1.00 bits per heavy atom.